The van der Waals surface area contributed by atoms with Gasteiger partial charge in [-0.3, -0.25) is 10.1 Å². The average molecular weight is 250 g/mol. The van der Waals surface area contributed by atoms with E-state index in [0.29, 0.717) is 5.69 Å². The molecule has 1 amide bonds. The highest BCUT2D eigenvalue weighted by molar-refractivity contribution is 6.06. The summed E-state index contributed by atoms with van der Waals surface area (Å²) in [5.74, 6) is -0.867. The number of amides is 1. The number of nitrogens with one attached hydrogen (secondary N) is 2. The molecule has 0 saturated heterocycles. The van der Waals surface area contributed by atoms with Gasteiger partial charge in [0.25, 0.3) is 5.91 Å². The number of hydrogen-bond acceptors (Lipinski definition) is 5. The first kappa shape index (κ1) is 12.0. The highest BCUT2D eigenvalue weighted by atomic mass is 19.1. The zero-order chi connectivity index (χ0) is 13.1. The summed E-state index contributed by atoms with van der Waals surface area (Å²) in [5, 5.41) is 5.12. The van der Waals surface area contributed by atoms with Crippen molar-refractivity contribution in [3.8, 4) is 0 Å². The maximum atomic E-state index is 13.1. The van der Waals surface area contributed by atoms with Crippen LogP contribution in [0.1, 0.15) is 16.1 Å². The Morgan fingerprint density at radius 2 is 2.28 bits per heavy atom. The van der Waals surface area contributed by atoms with Gasteiger partial charge in [-0.05, 0) is 13.0 Å². The molecule has 0 aliphatic rings. The molecule has 2 rings (SSSR count). The first-order valence-electron chi connectivity index (χ1n) is 5.17. The van der Waals surface area contributed by atoms with Crippen LogP contribution in [0.15, 0.2) is 22.9 Å². The van der Waals surface area contributed by atoms with E-state index < -0.39 is 11.7 Å². The van der Waals surface area contributed by atoms with E-state index in [0.717, 1.165) is 12.3 Å². The van der Waals surface area contributed by atoms with Crippen molar-refractivity contribution in [1.82, 2.24) is 9.97 Å². The molecule has 2 heterocycles. The largest absolute Gasteiger partial charge is 0.432 e. The van der Waals surface area contributed by atoms with Gasteiger partial charge in [0.05, 0.1) is 17.5 Å². The summed E-state index contributed by atoms with van der Waals surface area (Å²) in [6.07, 6.45) is 2.43. The van der Waals surface area contributed by atoms with Crippen LogP contribution in [-0.2, 0) is 0 Å². The Morgan fingerprint density at radius 1 is 1.50 bits per heavy atom. The van der Waals surface area contributed by atoms with Gasteiger partial charge in [0.15, 0.2) is 0 Å². The zero-order valence-electron chi connectivity index (χ0n) is 9.82. The summed E-state index contributed by atoms with van der Waals surface area (Å²) in [4.78, 5) is 19.6. The number of halogens is 1. The van der Waals surface area contributed by atoms with E-state index in [1.165, 1.54) is 6.26 Å². The number of aromatic nitrogens is 2. The quantitative estimate of drug-likeness (QED) is 0.868. The van der Waals surface area contributed by atoms with E-state index >= 15 is 0 Å². The lowest BCUT2D eigenvalue weighted by molar-refractivity contribution is 0.102. The van der Waals surface area contributed by atoms with E-state index in [1.54, 1.807) is 14.0 Å². The number of nitrogens with zero attached hydrogens (tertiary/aromatic N) is 2. The smallest absolute Gasteiger partial charge is 0.301 e. The molecule has 2 aromatic heterocycles. The summed E-state index contributed by atoms with van der Waals surface area (Å²) >= 11 is 0. The van der Waals surface area contributed by atoms with Crippen LogP contribution in [-0.4, -0.2) is 22.9 Å². The van der Waals surface area contributed by atoms with Gasteiger partial charge in [0.1, 0.15) is 17.9 Å². The van der Waals surface area contributed by atoms with Gasteiger partial charge < -0.3 is 9.73 Å². The Hall–Kier alpha value is -2.44. The van der Waals surface area contributed by atoms with Gasteiger partial charge in [-0.15, -0.1) is 0 Å². The second-order valence-electron chi connectivity index (χ2n) is 3.55. The molecular weight excluding hydrogens is 239 g/mol. The topological polar surface area (TPSA) is 80.0 Å². The minimum Gasteiger partial charge on any atom is -0.432 e. The molecule has 0 aliphatic heterocycles. The predicted octanol–water partition coefficient (Wildman–Crippen LogP) is 1.81. The average Bonchev–Trinajstić information content (AvgIpc) is 2.74. The fourth-order valence-electron chi connectivity index (χ4n) is 1.39. The van der Waals surface area contributed by atoms with E-state index in [-0.39, 0.29) is 17.4 Å². The fourth-order valence-corrected chi connectivity index (χ4v) is 1.39. The first-order valence-corrected chi connectivity index (χ1v) is 5.17. The SMILES string of the molecule is CNc1ncc(F)cc1C(=O)Nc1nc(C)co1. The van der Waals surface area contributed by atoms with E-state index in [1.807, 2.05) is 0 Å². The Balaban J connectivity index is 2.25. The monoisotopic (exact) mass is 250 g/mol. The van der Waals surface area contributed by atoms with Crippen LogP contribution in [0.3, 0.4) is 0 Å². The fraction of sp³-hybridized carbons (Fsp3) is 0.182. The minimum absolute atomic E-state index is 0.0591. The second kappa shape index (κ2) is 4.82. The van der Waals surface area contributed by atoms with E-state index in [9.17, 15) is 9.18 Å². The molecule has 0 atom stereocenters. The van der Waals surface area contributed by atoms with Crippen molar-refractivity contribution in [3.05, 3.63) is 35.6 Å². The third-order valence-electron chi connectivity index (χ3n) is 2.18. The lowest BCUT2D eigenvalue weighted by Crippen LogP contribution is -2.15. The van der Waals surface area contributed by atoms with Crippen molar-refractivity contribution >= 4 is 17.7 Å². The third-order valence-corrected chi connectivity index (χ3v) is 2.18. The van der Waals surface area contributed by atoms with Crippen molar-refractivity contribution < 1.29 is 13.6 Å². The van der Waals surface area contributed by atoms with Crippen molar-refractivity contribution in [2.75, 3.05) is 17.7 Å². The maximum Gasteiger partial charge on any atom is 0.301 e. The summed E-state index contributed by atoms with van der Waals surface area (Å²) in [5.41, 5.74) is 0.713. The number of aryl methyl sites for hydroxylation is 1. The molecule has 0 aromatic carbocycles. The van der Waals surface area contributed by atoms with Crippen molar-refractivity contribution in [2.45, 2.75) is 6.92 Å². The number of anilines is 2. The molecule has 2 N–H and O–H groups in total. The van der Waals surface area contributed by atoms with Gasteiger partial charge >= 0.3 is 6.01 Å². The Kier molecular flexibility index (Phi) is 3.22. The van der Waals surface area contributed by atoms with Crippen LogP contribution in [0, 0.1) is 12.7 Å². The molecule has 0 aliphatic carbocycles. The highest BCUT2D eigenvalue weighted by Crippen LogP contribution is 2.15. The lowest BCUT2D eigenvalue weighted by Gasteiger charge is -2.06. The minimum atomic E-state index is -0.595. The molecule has 7 heteroatoms. The molecule has 0 spiro atoms. The number of oxazole rings is 1. The lowest BCUT2D eigenvalue weighted by atomic mass is 10.2. The normalized spacial score (nSPS) is 10.2. The second-order valence-corrected chi connectivity index (χ2v) is 3.55. The van der Waals surface area contributed by atoms with Gasteiger partial charge in [-0.1, -0.05) is 0 Å². The highest BCUT2D eigenvalue weighted by Gasteiger charge is 2.15. The van der Waals surface area contributed by atoms with Gasteiger partial charge in [-0.25, -0.2) is 9.37 Å². The number of hydrogen-bond donors (Lipinski definition) is 2. The number of carbonyl (C=O) groups is 1. The maximum absolute atomic E-state index is 13.1. The molecule has 0 bridgehead atoms. The number of pyridine rings is 1. The molecule has 94 valence electrons. The van der Waals surface area contributed by atoms with Crippen LogP contribution < -0.4 is 10.6 Å². The molecule has 0 unspecified atom stereocenters. The van der Waals surface area contributed by atoms with Crippen LogP contribution in [0.25, 0.3) is 0 Å². The summed E-state index contributed by atoms with van der Waals surface area (Å²) in [6.45, 7) is 1.72. The molecule has 0 fully saturated rings. The van der Waals surface area contributed by atoms with Gasteiger partial charge in [-0.2, -0.15) is 4.98 Å². The van der Waals surface area contributed by atoms with E-state index in [4.69, 9.17) is 4.42 Å². The number of rotatable bonds is 3. The van der Waals surface area contributed by atoms with E-state index in [2.05, 4.69) is 20.6 Å². The van der Waals surface area contributed by atoms with Crippen LogP contribution in [0.4, 0.5) is 16.2 Å². The van der Waals surface area contributed by atoms with Crippen molar-refractivity contribution in [3.63, 3.8) is 0 Å². The zero-order valence-corrected chi connectivity index (χ0v) is 9.82. The van der Waals surface area contributed by atoms with Crippen molar-refractivity contribution in [2.24, 2.45) is 0 Å². The Bertz CT molecular complexity index is 582. The molecule has 2 aromatic rings. The summed E-state index contributed by atoms with van der Waals surface area (Å²) in [7, 11) is 1.59. The van der Waals surface area contributed by atoms with Crippen LogP contribution in [0.5, 0.6) is 0 Å². The Labute approximate surface area is 102 Å². The molecular formula is C11H11FN4O2. The summed E-state index contributed by atoms with van der Waals surface area (Å²) < 4.78 is 18.1. The van der Waals surface area contributed by atoms with Crippen LogP contribution in [0.2, 0.25) is 0 Å². The molecule has 6 nitrogen and oxygen atoms in total. The van der Waals surface area contributed by atoms with Gasteiger partial charge in [0, 0.05) is 7.05 Å². The molecule has 0 saturated carbocycles. The third kappa shape index (κ3) is 2.45. The molecule has 0 radical (unpaired) electrons. The Morgan fingerprint density at radius 3 is 2.89 bits per heavy atom. The van der Waals surface area contributed by atoms with Gasteiger partial charge in [0.2, 0.25) is 0 Å². The summed E-state index contributed by atoms with van der Waals surface area (Å²) in [6, 6.07) is 1.15. The standard InChI is InChI=1S/C11H11FN4O2/c1-6-5-18-11(15-6)16-10(17)8-3-7(12)4-14-9(8)13-2/h3-5H,1-2H3,(H,13,14)(H,15,16,17). The first-order chi connectivity index (χ1) is 8.60. The molecule has 18 heavy (non-hydrogen) atoms. The predicted molar refractivity (Wildman–Crippen MR) is 62.9 cm³/mol. The van der Waals surface area contributed by atoms with Crippen LogP contribution >= 0.6 is 0 Å². The number of carbonyl (C=O) groups excluding carboxylic acids is 1. The van der Waals surface area contributed by atoms with Crippen molar-refractivity contribution in [1.29, 1.82) is 0 Å².